The van der Waals surface area contributed by atoms with E-state index >= 15 is 0 Å². The van der Waals surface area contributed by atoms with Crippen LogP contribution in [0, 0.1) is 0 Å². The van der Waals surface area contributed by atoms with Gasteiger partial charge in [-0.25, -0.2) is 0 Å². The second-order valence-electron chi connectivity index (χ2n) is 5.47. The maximum atomic E-state index is 12.6. The molecule has 138 valence electrons. The summed E-state index contributed by atoms with van der Waals surface area (Å²) in [7, 11) is 4.49. The predicted molar refractivity (Wildman–Crippen MR) is 98.0 cm³/mol. The molecule has 7 heteroatoms. The van der Waals surface area contributed by atoms with E-state index in [1.165, 1.54) is 28.3 Å². The molecule has 0 atom stereocenters. The van der Waals surface area contributed by atoms with E-state index in [4.69, 9.17) is 14.2 Å². The highest BCUT2D eigenvalue weighted by Crippen LogP contribution is 2.34. The number of carbonyl (C=O) groups is 2. The Balaban J connectivity index is 2.16. The Kier molecular flexibility index (Phi) is 6.43. The van der Waals surface area contributed by atoms with Gasteiger partial charge in [0, 0.05) is 31.3 Å². The SMILES string of the molecule is COc1cc(OC)c(C(=O)NCc2cccc(NC(C)=O)c2)cc1OC. The Bertz CT molecular complexity index is 805. The lowest BCUT2D eigenvalue weighted by atomic mass is 10.1. The molecular weight excluding hydrogens is 336 g/mol. The average molecular weight is 358 g/mol. The standard InChI is InChI=1S/C19H22N2O5/c1-12(22)21-14-7-5-6-13(8-14)11-20-19(23)15-9-17(25-3)18(26-4)10-16(15)24-2/h5-10H,11H2,1-4H3,(H,20,23)(H,21,22). The quantitative estimate of drug-likeness (QED) is 0.795. The van der Waals surface area contributed by atoms with Gasteiger partial charge in [-0.3, -0.25) is 9.59 Å². The Morgan fingerprint density at radius 2 is 1.58 bits per heavy atom. The number of benzene rings is 2. The van der Waals surface area contributed by atoms with Crippen molar-refractivity contribution < 1.29 is 23.8 Å². The van der Waals surface area contributed by atoms with E-state index < -0.39 is 0 Å². The zero-order valence-corrected chi connectivity index (χ0v) is 15.2. The van der Waals surface area contributed by atoms with Crippen molar-refractivity contribution in [2.75, 3.05) is 26.6 Å². The summed E-state index contributed by atoms with van der Waals surface area (Å²) in [5.41, 5.74) is 1.86. The Morgan fingerprint density at radius 3 is 2.19 bits per heavy atom. The molecule has 0 heterocycles. The second kappa shape index (κ2) is 8.75. The van der Waals surface area contributed by atoms with Gasteiger partial charge in [0.25, 0.3) is 5.91 Å². The van der Waals surface area contributed by atoms with E-state index in [1.807, 2.05) is 12.1 Å². The second-order valence-corrected chi connectivity index (χ2v) is 5.47. The summed E-state index contributed by atoms with van der Waals surface area (Å²) < 4.78 is 15.7. The minimum absolute atomic E-state index is 0.152. The molecular formula is C19H22N2O5. The lowest BCUT2D eigenvalue weighted by molar-refractivity contribution is -0.114. The van der Waals surface area contributed by atoms with Gasteiger partial charge in [0.05, 0.1) is 26.9 Å². The van der Waals surface area contributed by atoms with Crippen LogP contribution in [0.3, 0.4) is 0 Å². The fourth-order valence-electron chi connectivity index (χ4n) is 2.45. The highest BCUT2D eigenvalue weighted by molar-refractivity contribution is 5.97. The molecule has 0 spiro atoms. The fourth-order valence-corrected chi connectivity index (χ4v) is 2.45. The maximum Gasteiger partial charge on any atom is 0.255 e. The lowest BCUT2D eigenvalue weighted by Gasteiger charge is -2.14. The molecule has 0 saturated carbocycles. The number of nitrogens with one attached hydrogen (secondary N) is 2. The highest BCUT2D eigenvalue weighted by atomic mass is 16.5. The van der Waals surface area contributed by atoms with Crippen molar-refractivity contribution in [2.24, 2.45) is 0 Å². The van der Waals surface area contributed by atoms with E-state index in [0.717, 1.165) is 5.56 Å². The predicted octanol–water partition coefficient (Wildman–Crippen LogP) is 2.60. The van der Waals surface area contributed by atoms with Gasteiger partial charge in [-0.2, -0.15) is 0 Å². The van der Waals surface area contributed by atoms with Crippen LogP contribution in [0.2, 0.25) is 0 Å². The first-order chi connectivity index (χ1) is 12.5. The number of rotatable bonds is 7. The minimum Gasteiger partial charge on any atom is -0.496 e. The summed E-state index contributed by atoms with van der Waals surface area (Å²) in [6.45, 7) is 1.74. The van der Waals surface area contributed by atoms with E-state index in [9.17, 15) is 9.59 Å². The van der Waals surface area contributed by atoms with Crippen LogP contribution >= 0.6 is 0 Å². The first-order valence-corrected chi connectivity index (χ1v) is 7.93. The third-order valence-corrected chi connectivity index (χ3v) is 3.65. The Morgan fingerprint density at radius 1 is 0.923 bits per heavy atom. The molecule has 0 radical (unpaired) electrons. The van der Waals surface area contributed by atoms with Crippen LogP contribution in [-0.2, 0) is 11.3 Å². The van der Waals surface area contributed by atoms with Gasteiger partial charge in [-0.05, 0) is 17.7 Å². The van der Waals surface area contributed by atoms with Crippen molar-refractivity contribution in [3.63, 3.8) is 0 Å². The van der Waals surface area contributed by atoms with Crippen LogP contribution < -0.4 is 24.8 Å². The van der Waals surface area contributed by atoms with E-state index in [1.54, 1.807) is 24.3 Å². The molecule has 0 unspecified atom stereocenters. The first kappa shape index (κ1) is 19.1. The molecule has 26 heavy (non-hydrogen) atoms. The van der Waals surface area contributed by atoms with Crippen molar-refractivity contribution in [3.8, 4) is 17.2 Å². The number of amides is 2. The number of carbonyl (C=O) groups excluding carboxylic acids is 2. The molecule has 2 aromatic carbocycles. The van der Waals surface area contributed by atoms with Gasteiger partial charge in [-0.15, -0.1) is 0 Å². The molecule has 7 nitrogen and oxygen atoms in total. The summed E-state index contributed by atoms with van der Waals surface area (Å²) in [5, 5.41) is 5.54. The van der Waals surface area contributed by atoms with Crippen molar-refractivity contribution >= 4 is 17.5 Å². The van der Waals surface area contributed by atoms with Gasteiger partial charge in [0.15, 0.2) is 11.5 Å². The van der Waals surface area contributed by atoms with Crippen molar-refractivity contribution in [3.05, 3.63) is 47.5 Å². The molecule has 0 aromatic heterocycles. The Hall–Kier alpha value is -3.22. The zero-order chi connectivity index (χ0) is 19.1. The smallest absolute Gasteiger partial charge is 0.255 e. The van der Waals surface area contributed by atoms with Gasteiger partial charge in [-0.1, -0.05) is 12.1 Å². The summed E-state index contributed by atoms with van der Waals surface area (Å²) in [6.07, 6.45) is 0. The van der Waals surface area contributed by atoms with Gasteiger partial charge in [0.2, 0.25) is 5.91 Å². The zero-order valence-electron chi connectivity index (χ0n) is 15.2. The van der Waals surface area contributed by atoms with E-state index in [0.29, 0.717) is 35.0 Å². The van der Waals surface area contributed by atoms with Crippen molar-refractivity contribution in [2.45, 2.75) is 13.5 Å². The summed E-state index contributed by atoms with van der Waals surface area (Å²) >= 11 is 0. The number of ether oxygens (including phenoxy) is 3. The molecule has 0 bridgehead atoms. The van der Waals surface area contributed by atoms with Crippen LogP contribution in [0.5, 0.6) is 17.2 Å². The molecule has 0 aliphatic rings. The Labute approximate surface area is 152 Å². The van der Waals surface area contributed by atoms with Crippen LogP contribution in [0.4, 0.5) is 5.69 Å². The van der Waals surface area contributed by atoms with Gasteiger partial charge >= 0.3 is 0 Å². The monoisotopic (exact) mass is 358 g/mol. The van der Waals surface area contributed by atoms with Gasteiger partial charge in [0.1, 0.15) is 5.75 Å². The summed E-state index contributed by atoms with van der Waals surface area (Å²) in [6, 6.07) is 10.4. The lowest BCUT2D eigenvalue weighted by Crippen LogP contribution is -2.23. The molecule has 0 saturated heterocycles. The molecule has 0 fully saturated rings. The highest BCUT2D eigenvalue weighted by Gasteiger charge is 2.17. The first-order valence-electron chi connectivity index (χ1n) is 7.93. The van der Waals surface area contributed by atoms with Crippen molar-refractivity contribution in [1.29, 1.82) is 0 Å². The molecule has 2 rings (SSSR count). The topological polar surface area (TPSA) is 85.9 Å². The molecule has 2 N–H and O–H groups in total. The molecule has 2 aromatic rings. The largest absolute Gasteiger partial charge is 0.496 e. The molecule has 2 amide bonds. The number of hydrogen-bond acceptors (Lipinski definition) is 5. The number of hydrogen-bond donors (Lipinski definition) is 2. The van der Waals surface area contributed by atoms with Crippen LogP contribution in [0.1, 0.15) is 22.8 Å². The van der Waals surface area contributed by atoms with Crippen molar-refractivity contribution in [1.82, 2.24) is 5.32 Å². The van der Waals surface area contributed by atoms with Gasteiger partial charge < -0.3 is 24.8 Å². The summed E-state index contributed by atoms with van der Waals surface area (Å²) in [4.78, 5) is 23.7. The normalized spacial score (nSPS) is 10.0. The maximum absolute atomic E-state index is 12.6. The average Bonchev–Trinajstić information content (AvgIpc) is 2.64. The molecule has 0 aliphatic carbocycles. The van der Waals surface area contributed by atoms with Crippen LogP contribution in [0.25, 0.3) is 0 Å². The molecule has 0 aliphatic heterocycles. The third kappa shape index (κ3) is 4.66. The third-order valence-electron chi connectivity index (χ3n) is 3.65. The van der Waals surface area contributed by atoms with Crippen LogP contribution in [-0.4, -0.2) is 33.1 Å². The van der Waals surface area contributed by atoms with E-state index in [-0.39, 0.29) is 11.8 Å². The number of methoxy groups -OCH3 is 3. The summed E-state index contributed by atoms with van der Waals surface area (Å²) in [5.74, 6) is 0.830. The van der Waals surface area contributed by atoms with E-state index in [2.05, 4.69) is 10.6 Å². The fraction of sp³-hybridized carbons (Fsp3) is 0.263. The minimum atomic E-state index is -0.312. The number of anilines is 1. The van der Waals surface area contributed by atoms with Crippen LogP contribution in [0.15, 0.2) is 36.4 Å².